The lowest BCUT2D eigenvalue weighted by Crippen LogP contribution is -2.22. The smallest absolute Gasteiger partial charge is 0.261 e. The first kappa shape index (κ1) is 19.7. The number of ether oxygens (including phenoxy) is 3. The second-order valence-electron chi connectivity index (χ2n) is 7.32. The number of pyridine rings is 1. The first-order valence-corrected chi connectivity index (χ1v) is 10.0. The van der Waals surface area contributed by atoms with Crippen LogP contribution in [0.1, 0.15) is 11.1 Å². The van der Waals surface area contributed by atoms with E-state index in [-0.39, 0.29) is 24.8 Å². The van der Waals surface area contributed by atoms with Crippen molar-refractivity contribution in [2.24, 2.45) is 4.99 Å². The van der Waals surface area contributed by atoms with Crippen molar-refractivity contribution in [2.75, 3.05) is 13.9 Å². The zero-order chi connectivity index (χ0) is 22.1. The minimum atomic E-state index is -0.280. The summed E-state index contributed by atoms with van der Waals surface area (Å²) in [6.45, 7) is 0.349. The minimum Gasteiger partial charge on any atom is -0.497 e. The van der Waals surface area contributed by atoms with Crippen LogP contribution in [0.4, 0.5) is 5.69 Å². The lowest BCUT2D eigenvalue weighted by Gasteiger charge is -2.14. The van der Waals surface area contributed by atoms with Crippen molar-refractivity contribution in [3.8, 4) is 23.1 Å². The van der Waals surface area contributed by atoms with Crippen LogP contribution in [0.3, 0.4) is 0 Å². The lowest BCUT2D eigenvalue weighted by molar-refractivity contribution is 0.174. The fraction of sp³-hybridized carbons (Fsp3) is 0.120. The summed E-state index contributed by atoms with van der Waals surface area (Å²) >= 11 is 0. The van der Waals surface area contributed by atoms with Crippen LogP contribution >= 0.6 is 0 Å². The molecule has 4 aromatic rings. The third-order valence-corrected chi connectivity index (χ3v) is 5.38. The summed E-state index contributed by atoms with van der Waals surface area (Å²) in [7, 11) is 1.60. The second-order valence-corrected chi connectivity index (χ2v) is 7.32. The van der Waals surface area contributed by atoms with Gasteiger partial charge in [-0.3, -0.25) is 14.4 Å². The predicted octanol–water partition coefficient (Wildman–Crippen LogP) is 4.24. The molecule has 0 radical (unpaired) electrons. The van der Waals surface area contributed by atoms with Gasteiger partial charge in [0.05, 0.1) is 24.9 Å². The topological polar surface area (TPSA) is 82.3 Å². The van der Waals surface area contributed by atoms with Crippen LogP contribution in [0.5, 0.6) is 23.1 Å². The first-order valence-electron chi connectivity index (χ1n) is 10.0. The number of rotatable bonds is 5. The molecule has 0 spiro atoms. The Balaban J connectivity index is 1.59. The molecule has 3 aromatic carbocycles. The molecule has 1 aliphatic rings. The highest BCUT2D eigenvalue weighted by molar-refractivity contribution is 6.02. The van der Waals surface area contributed by atoms with Crippen LogP contribution in [0.25, 0.3) is 10.8 Å². The van der Waals surface area contributed by atoms with Gasteiger partial charge in [-0.05, 0) is 48.0 Å². The number of fused-ring (bicyclic) bond motifs is 2. The molecule has 5 rings (SSSR count). The van der Waals surface area contributed by atoms with Gasteiger partial charge in [0.15, 0.2) is 11.5 Å². The van der Waals surface area contributed by atoms with Gasteiger partial charge in [0.2, 0.25) is 12.7 Å². The van der Waals surface area contributed by atoms with E-state index in [9.17, 15) is 9.90 Å². The predicted molar refractivity (Wildman–Crippen MR) is 122 cm³/mol. The summed E-state index contributed by atoms with van der Waals surface area (Å²) in [5.74, 6) is 1.87. The maximum Gasteiger partial charge on any atom is 0.261 e. The number of aliphatic imine (C=N–C) groups is 1. The molecular formula is C25H20N2O5. The van der Waals surface area contributed by atoms with Crippen molar-refractivity contribution in [2.45, 2.75) is 6.54 Å². The van der Waals surface area contributed by atoms with Gasteiger partial charge in [0.1, 0.15) is 5.75 Å². The van der Waals surface area contributed by atoms with Crippen molar-refractivity contribution in [3.05, 3.63) is 88.2 Å². The standard InChI is InChI=1S/C25H20N2O5/c1-30-18-9-7-17(8-10-18)26-13-21-19-4-2-3-5-20(19)24(28)27(25(21)29)14-16-6-11-22-23(12-16)32-15-31-22/h2-13,29H,14-15H2,1H3. The van der Waals surface area contributed by atoms with Gasteiger partial charge in [-0.1, -0.05) is 24.3 Å². The van der Waals surface area contributed by atoms with E-state index in [1.807, 2.05) is 42.5 Å². The molecule has 0 saturated heterocycles. The average Bonchev–Trinajstić information content (AvgIpc) is 3.30. The highest BCUT2D eigenvalue weighted by Crippen LogP contribution is 2.33. The largest absolute Gasteiger partial charge is 0.497 e. The van der Waals surface area contributed by atoms with Crippen molar-refractivity contribution >= 4 is 22.7 Å². The van der Waals surface area contributed by atoms with Crippen LogP contribution in [0.15, 0.2) is 76.5 Å². The molecule has 7 heteroatoms. The molecule has 0 aliphatic carbocycles. The highest BCUT2D eigenvalue weighted by atomic mass is 16.7. The molecular weight excluding hydrogens is 408 g/mol. The number of aromatic nitrogens is 1. The first-order chi connectivity index (χ1) is 15.6. The Labute approximate surface area is 183 Å². The third-order valence-electron chi connectivity index (χ3n) is 5.38. The molecule has 0 fully saturated rings. The van der Waals surface area contributed by atoms with E-state index >= 15 is 0 Å². The van der Waals surface area contributed by atoms with Crippen LogP contribution in [-0.4, -0.2) is 29.8 Å². The number of aromatic hydroxyl groups is 1. The van der Waals surface area contributed by atoms with Crippen LogP contribution < -0.4 is 19.8 Å². The quantitative estimate of drug-likeness (QED) is 0.481. The Morgan fingerprint density at radius 2 is 1.78 bits per heavy atom. The molecule has 32 heavy (non-hydrogen) atoms. The van der Waals surface area contributed by atoms with Gasteiger partial charge in [0.25, 0.3) is 5.56 Å². The van der Waals surface area contributed by atoms with Crippen LogP contribution in [-0.2, 0) is 6.54 Å². The SMILES string of the molecule is COc1ccc(N=Cc2c(O)n(Cc3ccc4c(c3)OCO4)c(=O)c3ccccc23)cc1. The van der Waals surface area contributed by atoms with Crippen LogP contribution in [0.2, 0.25) is 0 Å². The molecule has 1 aromatic heterocycles. The second kappa shape index (κ2) is 8.11. The molecule has 160 valence electrons. The van der Waals surface area contributed by atoms with E-state index in [1.54, 1.807) is 37.6 Å². The summed E-state index contributed by atoms with van der Waals surface area (Å²) in [5, 5.41) is 12.2. The molecule has 0 bridgehead atoms. The fourth-order valence-corrected chi connectivity index (χ4v) is 3.72. The molecule has 0 atom stereocenters. The van der Waals surface area contributed by atoms with Gasteiger partial charge >= 0.3 is 0 Å². The Morgan fingerprint density at radius 1 is 1.03 bits per heavy atom. The Hall–Kier alpha value is -4.26. The van der Waals surface area contributed by atoms with Gasteiger partial charge < -0.3 is 19.3 Å². The Kier molecular flexibility index (Phi) is 4.99. The third kappa shape index (κ3) is 3.54. The fourth-order valence-electron chi connectivity index (χ4n) is 3.72. The zero-order valence-corrected chi connectivity index (χ0v) is 17.3. The normalized spacial score (nSPS) is 12.5. The number of hydrogen-bond donors (Lipinski definition) is 1. The van der Waals surface area contributed by atoms with E-state index in [2.05, 4.69) is 4.99 Å². The summed E-state index contributed by atoms with van der Waals surface area (Å²) in [5.41, 5.74) is 1.69. The van der Waals surface area contributed by atoms with E-state index in [1.165, 1.54) is 4.57 Å². The monoisotopic (exact) mass is 428 g/mol. The van der Waals surface area contributed by atoms with Gasteiger partial charge in [-0.15, -0.1) is 0 Å². The molecule has 7 nitrogen and oxygen atoms in total. The average molecular weight is 428 g/mol. The van der Waals surface area contributed by atoms with Gasteiger partial charge in [-0.25, -0.2) is 0 Å². The highest BCUT2D eigenvalue weighted by Gasteiger charge is 2.17. The summed E-state index contributed by atoms with van der Waals surface area (Å²) in [6, 6.07) is 19.9. The number of methoxy groups -OCH3 is 1. The van der Waals surface area contributed by atoms with E-state index in [0.29, 0.717) is 33.5 Å². The van der Waals surface area contributed by atoms with Crippen molar-refractivity contribution in [1.82, 2.24) is 4.57 Å². The minimum absolute atomic E-state index is 0.149. The van der Waals surface area contributed by atoms with Crippen LogP contribution in [0, 0.1) is 0 Å². The Bertz CT molecular complexity index is 1390. The summed E-state index contributed by atoms with van der Waals surface area (Å²) in [4.78, 5) is 17.7. The van der Waals surface area contributed by atoms with E-state index in [4.69, 9.17) is 14.2 Å². The molecule has 2 heterocycles. The molecule has 0 amide bonds. The molecule has 1 aliphatic heterocycles. The number of nitrogens with zero attached hydrogens (tertiary/aromatic N) is 2. The van der Waals surface area contributed by atoms with Crippen molar-refractivity contribution in [1.29, 1.82) is 0 Å². The maximum atomic E-state index is 13.2. The van der Waals surface area contributed by atoms with Crippen molar-refractivity contribution in [3.63, 3.8) is 0 Å². The zero-order valence-electron chi connectivity index (χ0n) is 17.3. The number of hydrogen-bond acceptors (Lipinski definition) is 6. The van der Waals surface area contributed by atoms with Gasteiger partial charge in [-0.2, -0.15) is 0 Å². The molecule has 0 saturated carbocycles. The Morgan fingerprint density at radius 3 is 2.56 bits per heavy atom. The van der Waals surface area contributed by atoms with E-state index < -0.39 is 0 Å². The molecule has 0 unspecified atom stereocenters. The number of benzene rings is 3. The molecule has 1 N–H and O–H groups in total. The van der Waals surface area contributed by atoms with E-state index in [0.717, 1.165) is 11.3 Å². The maximum absolute atomic E-state index is 13.2. The van der Waals surface area contributed by atoms with Gasteiger partial charge in [0, 0.05) is 17.0 Å². The summed E-state index contributed by atoms with van der Waals surface area (Å²) in [6.07, 6.45) is 1.58. The van der Waals surface area contributed by atoms with Crippen molar-refractivity contribution < 1.29 is 19.3 Å². The lowest BCUT2D eigenvalue weighted by atomic mass is 10.1. The summed E-state index contributed by atoms with van der Waals surface area (Å²) < 4.78 is 17.3.